The molecule has 0 aliphatic carbocycles. The second-order valence-electron chi connectivity index (χ2n) is 12.2. The van der Waals surface area contributed by atoms with Gasteiger partial charge >= 0.3 is 0 Å². The predicted molar refractivity (Wildman–Crippen MR) is 163 cm³/mol. The number of hydrogen-bond acceptors (Lipinski definition) is 5. The van der Waals surface area contributed by atoms with Crippen molar-refractivity contribution in [1.82, 2.24) is 10.2 Å². The molecule has 8 nitrogen and oxygen atoms in total. The molecule has 8 heteroatoms. The van der Waals surface area contributed by atoms with Gasteiger partial charge in [0.15, 0.2) is 0 Å². The van der Waals surface area contributed by atoms with Crippen LogP contribution in [0, 0.1) is 25.7 Å². The molecule has 3 aliphatic heterocycles. The number of aliphatic hydroxyl groups is 1. The fourth-order valence-corrected chi connectivity index (χ4v) is 7.69. The molecule has 3 amide bonds. The lowest BCUT2D eigenvalue weighted by molar-refractivity contribution is -0.149. The maximum Gasteiger partial charge on any atom is 0.250 e. The first-order chi connectivity index (χ1) is 20.7. The van der Waals surface area contributed by atoms with E-state index in [0.717, 1.165) is 16.7 Å². The van der Waals surface area contributed by atoms with Gasteiger partial charge in [-0.2, -0.15) is 0 Å². The van der Waals surface area contributed by atoms with Gasteiger partial charge in [0.25, 0.3) is 0 Å². The molecule has 3 aliphatic rings. The first-order valence-corrected chi connectivity index (χ1v) is 15.1. The average Bonchev–Trinajstić information content (AvgIpc) is 3.63. The second-order valence-corrected chi connectivity index (χ2v) is 12.2. The van der Waals surface area contributed by atoms with E-state index in [2.05, 4.69) is 10.6 Å². The summed E-state index contributed by atoms with van der Waals surface area (Å²) in [6, 6.07) is 22.9. The van der Waals surface area contributed by atoms with E-state index in [0.29, 0.717) is 37.1 Å². The molecule has 2 unspecified atom stereocenters. The molecule has 1 spiro atoms. The molecular weight excluding hydrogens is 542 g/mol. The lowest BCUT2D eigenvalue weighted by Crippen LogP contribution is -2.54. The fraction of sp³-hybridized carbons (Fsp3) is 0.400. The Morgan fingerprint density at radius 2 is 1.70 bits per heavy atom. The van der Waals surface area contributed by atoms with Crippen LogP contribution in [0.15, 0.2) is 78.9 Å². The third-order valence-electron chi connectivity index (χ3n) is 9.80. The minimum atomic E-state index is -1.20. The predicted octanol–water partition coefficient (Wildman–Crippen LogP) is 4.45. The third kappa shape index (κ3) is 4.73. The summed E-state index contributed by atoms with van der Waals surface area (Å²) < 4.78 is 6.90. The zero-order valence-electron chi connectivity index (χ0n) is 24.9. The van der Waals surface area contributed by atoms with Crippen molar-refractivity contribution in [3.05, 3.63) is 101 Å². The first kappa shape index (κ1) is 29.1. The van der Waals surface area contributed by atoms with Gasteiger partial charge in [0.05, 0.1) is 30.1 Å². The van der Waals surface area contributed by atoms with Crippen LogP contribution in [0.2, 0.25) is 0 Å². The Kier molecular flexibility index (Phi) is 7.60. The van der Waals surface area contributed by atoms with E-state index in [4.69, 9.17) is 4.74 Å². The maximum absolute atomic E-state index is 14.7. The van der Waals surface area contributed by atoms with Gasteiger partial charge in [-0.15, -0.1) is 0 Å². The highest BCUT2D eigenvalue weighted by Gasteiger charge is 2.79. The number of benzene rings is 3. The van der Waals surface area contributed by atoms with Crippen LogP contribution in [0.1, 0.15) is 54.5 Å². The third-order valence-corrected chi connectivity index (χ3v) is 9.80. The van der Waals surface area contributed by atoms with Gasteiger partial charge in [0.2, 0.25) is 17.7 Å². The number of rotatable bonds is 9. The van der Waals surface area contributed by atoms with Crippen LogP contribution in [0.25, 0.3) is 0 Å². The number of amides is 3. The maximum atomic E-state index is 14.7. The standard InChI is InChI=1S/C35H39N3O5/c1-4-34-17-18-35(43-34)29(28(34)31(40)36-20-24-11-7-5-8-12-24)33(42)38(27(21-39)25-13-9-6-10-14-25)30(35)32(41)37-26-19-22(2)15-16-23(26)3/h5-16,19,27-30,39H,4,17-18,20-21H2,1-3H3,(H,36,40)(H,37,41)/t27-,28-,29+,30?,34+,35?/m1/s1. The lowest BCUT2D eigenvalue weighted by Gasteiger charge is -2.37. The molecule has 0 radical (unpaired) electrons. The number of carbonyl (C=O) groups excluding carboxylic acids is 3. The Morgan fingerprint density at radius 3 is 2.37 bits per heavy atom. The Balaban J connectivity index is 1.42. The summed E-state index contributed by atoms with van der Waals surface area (Å²) in [5, 5.41) is 16.8. The van der Waals surface area contributed by atoms with E-state index in [1.165, 1.54) is 4.90 Å². The number of likely N-dealkylation sites (tertiary alicyclic amines) is 1. The average molecular weight is 582 g/mol. The number of carbonyl (C=O) groups is 3. The van der Waals surface area contributed by atoms with Crippen LogP contribution in [-0.2, 0) is 25.7 Å². The van der Waals surface area contributed by atoms with E-state index in [1.54, 1.807) is 0 Å². The molecule has 3 fully saturated rings. The van der Waals surface area contributed by atoms with Crippen molar-refractivity contribution in [2.24, 2.45) is 11.8 Å². The normalized spacial score (nSPS) is 28.0. The Labute approximate surface area is 252 Å². The molecule has 43 heavy (non-hydrogen) atoms. The van der Waals surface area contributed by atoms with Crippen molar-refractivity contribution in [2.45, 2.75) is 69.9 Å². The van der Waals surface area contributed by atoms with Crippen LogP contribution in [-0.4, -0.2) is 51.6 Å². The molecule has 6 rings (SSSR count). The summed E-state index contributed by atoms with van der Waals surface area (Å²) in [5.74, 6) is -2.58. The van der Waals surface area contributed by atoms with E-state index >= 15 is 0 Å². The number of fused-ring (bicyclic) bond motifs is 1. The topological polar surface area (TPSA) is 108 Å². The molecule has 224 valence electrons. The number of aryl methyl sites for hydroxylation is 2. The van der Waals surface area contributed by atoms with Gasteiger partial charge in [-0.1, -0.05) is 79.7 Å². The molecule has 3 N–H and O–H groups in total. The summed E-state index contributed by atoms with van der Waals surface area (Å²) in [4.78, 5) is 44.6. The highest BCUT2D eigenvalue weighted by Crippen LogP contribution is 2.65. The summed E-state index contributed by atoms with van der Waals surface area (Å²) in [6.45, 7) is 5.80. The monoisotopic (exact) mass is 581 g/mol. The van der Waals surface area contributed by atoms with E-state index < -0.39 is 35.1 Å². The molecule has 3 aromatic carbocycles. The van der Waals surface area contributed by atoms with Crippen LogP contribution in [0.4, 0.5) is 5.69 Å². The molecule has 3 aromatic rings. The number of ether oxygens (including phenoxy) is 1. The van der Waals surface area contributed by atoms with Crippen LogP contribution in [0.5, 0.6) is 0 Å². The van der Waals surface area contributed by atoms with Crippen LogP contribution in [0.3, 0.4) is 0 Å². The number of anilines is 1. The second kappa shape index (κ2) is 11.2. The van der Waals surface area contributed by atoms with Crippen molar-refractivity contribution in [3.8, 4) is 0 Å². The number of aliphatic hydroxyl groups excluding tert-OH is 1. The highest BCUT2D eigenvalue weighted by molar-refractivity contribution is 6.04. The molecule has 2 bridgehead atoms. The van der Waals surface area contributed by atoms with E-state index in [-0.39, 0.29) is 24.3 Å². The van der Waals surface area contributed by atoms with E-state index in [9.17, 15) is 19.5 Å². The SMILES string of the molecule is CC[C@@]12CCC3(O1)C(C(=O)Nc1cc(C)ccc1C)N([C@H](CO)c1ccccc1)C(=O)[C@@H]3[C@@H]2C(=O)NCc1ccccc1. The quantitative estimate of drug-likeness (QED) is 0.346. The van der Waals surface area contributed by atoms with Crippen molar-refractivity contribution in [3.63, 3.8) is 0 Å². The molecular formula is C35H39N3O5. The van der Waals surface area contributed by atoms with Gasteiger partial charge < -0.3 is 25.4 Å². The molecule has 0 saturated carbocycles. The Bertz CT molecular complexity index is 1530. The van der Waals surface area contributed by atoms with Gasteiger partial charge in [-0.3, -0.25) is 14.4 Å². The molecule has 0 aromatic heterocycles. The van der Waals surface area contributed by atoms with E-state index in [1.807, 2.05) is 99.6 Å². The van der Waals surface area contributed by atoms with Crippen molar-refractivity contribution in [2.75, 3.05) is 11.9 Å². The van der Waals surface area contributed by atoms with Gasteiger partial charge in [0, 0.05) is 12.2 Å². The summed E-state index contributed by atoms with van der Waals surface area (Å²) in [5.41, 5.74) is 2.15. The summed E-state index contributed by atoms with van der Waals surface area (Å²) >= 11 is 0. The van der Waals surface area contributed by atoms with Crippen molar-refractivity contribution in [1.29, 1.82) is 0 Å². The minimum absolute atomic E-state index is 0.249. The smallest absolute Gasteiger partial charge is 0.250 e. The molecule has 6 atom stereocenters. The van der Waals surface area contributed by atoms with Crippen molar-refractivity contribution < 1.29 is 24.2 Å². The van der Waals surface area contributed by atoms with Gasteiger partial charge in [-0.25, -0.2) is 0 Å². The highest BCUT2D eigenvalue weighted by atomic mass is 16.5. The zero-order valence-corrected chi connectivity index (χ0v) is 24.9. The zero-order chi connectivity index (χ0) is 30.4. The lowest BCUT2D eigenvalue weighted by atomic mass is 9.65. The number of hydrogen-bond donors (Lipinski definition) is 3. The summed E-state index contributed by atoms with van der Waals surface area (Å²) in [6.07, 6.45) is 1.57. The Morgan fingerprint density at radius 1 is 1.00 bits per heavy atom. The van der Waals surface area contributed by atoms with Gasteiger partial charge in [-0.05, 0) is 61.4 Å². The fourth-order valence-electron chi connectivity index (χ4n) is 7.69. The molecule has 3 heterocycles. The number of nitrogens with zero attached hydrogens (tertiary/aromatic N) is 1. The van der Waals surface area contributed by atoms with Crippen LogP contribution >= 0.6 is 0 Å². The Hall–Kier alpha value is -4.01. The largest absolute Gasteiger partial charge is 0.394 e. The van der Waals surface area contributed by atoms with Crippen LogP contribution < -0.4 is 10.6 Å². The first-order valence-electron chi connectivity index (χ1n) is 15.1. The number of nitrogens with one attached hydrogen (secondary N) is 2. The molecule has 3 saturated heterocycles. The summed E-state index contributed by atoms with van der Waals surface area (Å²) in [7, 11) is 0. The minimum Gasteiger partial charge on any atom is -0.394 e. The van der Waals surface area contributed by atoms with Crippen molar-refractivity contribution >= 4 is 23.4 Å². The van der Waals surface area contributed by atoms with Gasteiger partial charge in [0.1, 0.15) is 11.6 Å².